The number of sulfonamides is 1. The van der Waals surface area contributed by atoms with Crippen LogP contribution in [0.2, 0.25) is 0 Å². The first kappa shape index (κ1) is 23.6. The first-order valence-corrected chi connectivity index (χ1v) is 13.4. The van der Waals surface area contributed by atoms with E-state index in [0.717, 1.165) is 28.5 Å². The maximum absolute atomic E-state index is 12.0. The lowest BCUT2D eigenvalue weighted by Gasteiger charge is -2.14. The molecule has 1 atom stereocenters. The quantitative estimate of drug-likeness (QED) is 0.614. The molecule has 29 heavy (non-hydrogen) atoms. The third-order valence-corrected chi connectivity index (χ3v) is 8.07. The summed E-state index contributed by atoms with van der Waals surface area (Å²) >= 11 is 0. The molecule has 0 aliphatic rings. The predicted octanol–water partition coefficient (Wildman–Crippen LogP) is 3.76. The van der Waals surface area contributed by atoms with Crippen molar-refractivity contribution in [3.8, 4) is 11.1 Å². The Bertz CT molecular complexity index is 994. The van der Waals surface area contributed by atoms with E-state index in [0.29, 0.717) is 19.4 Å². The molecule has 0 aliphatic carbocycles. The zero-order chi connectivity index (χ0) is 21.7. The zero-order valence-electron chi connectivity index (χ0n) is 17.6. The van der Waals surface area contributed by atoms with E-state index in [1.165, 1.54) is 0 Å². The van der Waals surface area contributed by atoms with Crippen molar-refractivity contribution in [1.82, 2.24) is 4.72 Å². The van der Waals surface area contributed by atoms with Gasteiger partial charge in [-0.25, -0.2) is 21.6 Å². The van der Waals surface area contributed by atoms with Crippen LogP contribution in [0.4, 0.5) is 0 Å². The summed E-state index contributed by atoms with van der Waals surface area (Å²) in [6, 6.07) is 16.3. The summed E-state index contributed by atoms with van der Waals surface area (Å²) in [6.07, 6.45) is 2.42. The van der Waals surface area contributed by atoms with Gasteiger partial charge < -0.3 is 0 Å². The SMILES string of the molecule is CC(C)S(=O)(=O)CC[C@H](C)c1ccc(-c2ccc(CCNS(C)(=O)=O)cc2)cc1. The van der Waals surface area contributed by atoms with E-state index in [1.54, 1.807) is 13.8 Å². The van der Waals surface area contributed by atoms with Gasteiger partial charge in [0.1, 0.15) is 0 Å². The second-order valence-electron chi connectivity index (χ2n) is 7.84. The van der Waals surface area contributed by atoms with Crippen LogP contribution in [0.1, 0.15) is 44.2 Å². The summed E-state index contributed by atoms with van der Waals surface area (Å²) in [5, 5.41) is -0.331. The molecular weight excluding hydrogens is 406 g/mol. The van der Waals surface area contributed by atoms with Gasteiger partial charge in [0, 0.05) is 6.54 Å². The van der Waals surface area contributed by atoms with E-state index in [9.17, 15) is 16.8 Å². The Balaban J connectivity index is 1.97. The molecule has 0 spiro atoms. The van der Waals surface area contributed by atoms with E-state index in [4.69, 9.17) is 0 Å². The van der Waals surface area contributed by atoms with Gasteiger partial charge in [-0.2, -0.15) is 0 Å². The first-order valence-electron chi connectivity index (χ1n) is 9.83. The number of hydrogen-bond donors (Lipinski definition) is 1. The van der Waals surface area contributed by atoms with Crippen molar-refractivity contribution < 1.29 is 16.8 Å². The minimum Gasteiger partial charge on any atom is -0.229 e. The molecule has 0 fully saturated rings. The molecule has 0 saturated carbocycles. The molecule has 0 radical (unpaired) electrons. The summed E-state index contributed by atoms with van der Waals surface area (Å²) in [5.41, 5.74) is 4.39. The predicted molar refractivity (Wildman–Crippen MR) is 120 cm³/mol. The summed E-state index contributed by atoms with van der Waals surface area (Å²) in [4.78, 5) is 0. The van der Waals surface area contributed by atoms with Crippen molar-refractivity contribution in [2.24, 2.45) is 0 Å². The molecule has 1 N–H and O–H groups in total. The highest BCUT2D eigenvalue weighted by atomic mass is 32.2. The Morgan fingerprint density at radius 1 is 0.828 bits per heavy atom. The van der Waals surface area contributed by atoms with Crippen molar-refractivity contribution in [1.29, 1.82) is 0 Å². The average molecular weight is 438 g/mol. The van der Waals surface area contributed by atoms with Gasteiger partial charge in [-0.1, -0.05) is 55.5 Å². The van der Waals surface area contributed by atoms with Gasteiger partial charge in [0.25, 0.3) is 0 Å². The second kappa shape index (κ2) is 9.87. The van der Waals surface area contributed by atoms with Crippen LogP contribution >= 0.6 is 0 Å². The van der Waals surface area contributed by atoms with Gasteiger partial charge in [0.05, 0.1) is 17.3 Å². The molecule has 2 rings (SSSR count). The molecule has 7 heteroatoms. The Labute approximate surface area is 175 Å². The number of rotatable bonds is 10. The zero-order valence-corrected chi connectivity index (χ0v) is 19.2. The van der Waals surface area contributed by atoms with Crippen LogP contribution in [0, 0.1) is 0 Å². The molecule has 0 aromatic heterocycles. The number of benzene rings is 2. The van der Waals surface area contributed by atoms with Gasteiger partial charge in [-0.15, -0.1) is 0 Å². The minimum absolute atomic E-state index is 0.183. The van der Waals surface area contributed by atoms with Crippen LogP contribution in [-0.4, -0.2) is 40.6 Å². The lowest BCUT2D eigenvalue weighted by molar-refractivity contribution is 0.579. The molecule has 0 aliphatic heterocycles. The molecule has 2 aromatic carbocycles. The molecule has 0 unspecified atom stereocenters. The Morgan fingerprint density at radius 3 is 1.83 bits per heavy atom. The Morgan fingerprint density at radius 2 is 1.34 bits per heavy atom. The smallest absolute Gasteiger partial charge is 0.208 e. The highest BCUT2D eigenvalue weighted by Gasteiger charge is 2.18. The molecule has 0 bridgehead atoms. The van der Waals surface area contributed by atoms with E-state index >= 15 is 0 Å². The van der Waals surface area contributed by atoms with Crippen LogP contribution in [0.3, 0.4) is 0 Å². The third-order valence-electron chi connectivity index (χ3n) is 5.10. The van der Waals surface area contributed by atoms with E-state index < -0.39 is 19.9 Å². The van der Waals surface area contributed by atoms with Gasteiger partial charge in [0.15, 0.2) is 9.84 Å². The van der Waals surface area contributed by atoms with Crippen molar-refractivity contribution >= 4 is 19.9 Å². The molecule has 0 amide bonds. The summed E-state index contributed by atoms with van der Waals surface area (Å²) in [7, 11) is -6.17. The van der Waals surface area contributed by atoms with Gasteiger partial charge in [-0.3, -0.25) is 0 Å². The highest BCUT2D eigenvalue weighted by molar-refractivity contribution is 7.91. The van der Waals surface area contributed by atoms with Crippen molar-refractivity contribution in [2.75, 3.05) is 18.6 Å². The number of sulfone groups is 1. The van der Waals surface area contributed by atoms with Crippen molar-refractivity contribution in [3.05, 3.63) is 59.7 Å². The molecule has 2 aromatic rings. The standard InChI is InChI=1S/C22H31NO4S2/c1-17(2)29(26,27)16-14-18(3)20-9-11-22(12-10-20)21-7-5-19(6-8-21)13-15-23-28(4,24)25/h5-12,17-18,23H,13-16H2,1-4H3/t18-/m0/s1. The van der Waals surface area contributed by atoms with Crippen molar-refractivity contribution in [2.45, 2.75) is 44.8 Å². The van der Waals surface area contributed by atoms with E-state index in [1.807, 2.05) is 24.3 Å². The lowest BCUT2D eigenvalue weighted by Crippen LogP contribution is -2.24. The first-order chi connectivity index (χ1) is 13.5. The van der Waals surface area contributed by atoms with Gasteiger partial charge in [-0.05, 0) is 54.9 Å². The van der Waals surface area contributed by atoms with Crippen LogP contribution in [0.5, 0.6) is 0 Å². The Hall–Kier alpha value is -1.70. The maximum Gasteiger partial charge on any atom is 0.208 e. The monoisotopic (exact) mass is 437 g/mol. The van der Waals surface area contributed by atoms with Gasteiger partial charge in [0.2, 0.25) is 10.0 Å². The largest absolute Gasteiger partial charge is 0.229 e. The molecule has 0 saturated heterocycles. The lowest BCUT2D eigenvalue weighted by atomic mass is 9.95. The van der Waals surface area contributed by atoms with Gasteiger partial charge >= 0.3 is 0 Å². The fourth-order valence-corrected chi connectivity index (χ4v) is 4.62. The van der Waals surface area contributed by atoms with Crippen molar-refractivity contribution in [3.63, 3.8) is 0 Å². The maximum atomic E-state index is 12.0. The fraction of sp³-hybridized carbons (Fsp3) is 0.455. The molecule has 5 nitrogen and oxygen atoms in total. The van der Waals surface area contributed by atoms with Crippen LogP contribution in [-0.2, 0) is 26.3 Å². The number of nitrogens with one attached hydrogen (secondary N) is 1. The third kappa shape index (κ3) is 7.57. The van der Waals surface area contributed by atoms with Crippen LogP contribution in [0.15, 0.2) is 48.5 Å². The Kier molecular flexibility index (Phi) is 8.02. The van der Waals surface area contributed by atoms with E-state index in [2.05, 4.69) is 35.9 Å². The molecule has 160 valence electrons. The van der Waals surface area contributed by atoms with E-state index in [-0.39, 0.29) is 16.9 Å². The van der Waals surface area contributed by atoms with Crippen LogP contribution < -0.4 is 4.72 Å². The van der Waals surface area contributed by atoms with Crippen LogP contribution in [0.25, 0.3) is 11.1 Å². The second-order valence-corrected chi connectivity index (χ2v) is 12.4. The number of hydrogen-bond acceptors (Lipinski definition) is 4. The summed E-state index contributed by atoms with van der Waals surface area (Å²) < 4.78 is 48.8. The normalized spacial score (nSPS) is 13.6. The highest BCUT2D eigenvalue weighted by Crippen LogP contribution is 2.25. The molecule has 0 heterocycles. The molecular formula is C22H31NO4S2. The topological polar surface area (TPSA) is 80.3 Å². The average Bonchev–Trinajstić information content (AvgIpc) is 2.66. The minimum atomic E-state index is -3.16. The fourth-order valence-electron chi connectivity index (χ4n) is 2.99. The summed E-state index contributed by atoms with van der Waals surface area (Å²) in [6.45, 7) is 5.89. The summed E-state index contributed by atoms with van der Waals surface area (Å²) in [5.74, 6) is 0.394.